The van der Waals surface area contributed by atoms with Crippen molar-refractivity contribution in [3.63, 3.8) is 0 Å². The highest BCUT2D eigenvalue weighted by atomic mass is 16.5. The van der Waals surface area contributed by atoms with Gasteiger partial charge in [-0.1, -0.05) is 23.4 Å². The summed E-state index contributed by atoms with van der Waals surface area (Å²) in [6.07, 6.45) is 6.57. The van der Waals surface area contributed by atoms with Crippen molar-refractivity contribution >= 4 is 5.97 Å². The molecule has 2 unspecified atom stereocenters. The lowest BCUT2D eigenvalue weighted by molar-refractivity contribution is -0.142. The third-order valence-corrected chi connectivity index (χ3v) is 3.40. The van der Waals surface area contributed by atoms with E-state index in [0.717, 1.165) is 0 Å². The molecule has 0 bridgehead atoms. The van der Waals surface area contributed by atoms with Gasteiger partial charge in [0.25, 0.3) is 0 Å². The number of rotatable bonds is 3. The van der Waals surface area contributed by atoms with Crippen LogP contribution in [0.3, 0.4) is 0 Å². The van der Waals surface area contributed by atoms with Gasteiger partial charge >= 0.3 is 5.97 Å². The second-order valence-electron chi connectivity index (χ2n) is 4.67. The second-order valence-corrected chi connectivity index (χ2v) is 4.67. The highest BCUT2D eigenvalue weighted by Gasteiger charge is 2.34. The van der Waals surface area contributed by atoms with Crippen LogP contribution in [0.15, 0.2) is 41.1 Å². The SMILES string of the molecule is O=C(O)C1CC=CCC1c1nc(-c2ccccn2)no1. The third-order valence-electron chi connectivity index (χ3n) is 3.40. The quantitative estimate of drug-likeness (QED) is 0.861. The van der Waals surface area contributed by atoms with Crippen LogP contribution < -0.4 is 0 Å². The number of carboxylic acid groups (broad SMARTS) is 1. The Bertz CT molecular complexity index is 636. The van der Waals surface area contributed by atoms with Crippen molar-refractivity contribution in [1.82, 2.24) is 15.1 Å². The van der Waals surface area contributed by atoms with Gasteiger partial charge in [-0.3, -0.25) is 9.78 Å². The number of nitrogens with zero attached hydrogens (tertiary/aromatic N) is 3. The molecular weight excluding hydrogens is 258 g/mol. The van der Waals surface area contributed by atoms with Crippen molar-refractivity contribution in [2.24, 2.45) is 5.92 Å². The van der Waals surface area contributed by atoms with E-state index in [1.54, 1.807) is 18.3 Å². The van der Waals surface area contributed by atoms with Crippen LogP contribution in [0.4, 0.5) is 0 Å². The van der Waals surface area contributed by atoms with Crippen molar-refractivity contribution in [3.05, 3.63) is 42.4 Å². The number of aromatic nitrogens is 3. The van der Waals surface area contributed by atoms with Gasteiger partial charge in [-0.2, -0.15) is 4.98 Å². The number of aliphatic carboxylic acids is 1. The maximum Gasteiger partial charge on any atom is 0.307 e. The minimum absolute atomic E-state index is 0.275. The van der Waals surface area contributed by atoms with E-state index in [1.807, 2.05) is 18.2 Å². The van der Waals surface area contributed by atoms with E-state index in [9.17, 15) is 9.90 Å². The van der Waals surface area contributed by atoms with Gasteiger partial charge in [-0.15, -0.1) is 0 Å². The van der Waals surface area contributed by atoms with Crippen LogP contribution in [0.1, 0.15) is 24.7 Å². The lowest BCUT2D eigenvalue weighted by Gasteiger charge is -2.21. The Morgan fingerprint density at radius 3 is 2.90 bits per heavy atom. The number of hydrogen-bond acceptors (Lipinski definition) is 5. The fraction of sp³-hybridized carbons (Fsp3) is 0.286. The lowest BCUT2D eigenvalue weighted by atomic mass is 9.83. The molecule has 20 heavy (non-hydrogen) atoms. The Hall–Kier alpha value is -2.50. The molecule has 0 fully saturated rings. The van der Waals surface area contributed by atoms with Gasteiger partial charge in [0.15, 0.2) is 0 Å². The molecule has 1 N–H and O–H groups in total. The average molecular weight is 271 g/mol. The van der Waals surface area contributed by atoms with Gasteiger partial charge in [0.2, 0.25) is 11.7 Å². The maximum absolute atomic E-state index is 11.3. The number of allylic oxidation sites excluding steroid dienone is 2. The fourth-order valence-electron chi connectivity index (χ4n) is 2.34. The van der Waals surface area contributed by atoms with Gasteiger partial charge in [0.05, 0.1) is 11.8 Å². The summed E-state index contributed by atoms with van der Waals surface area (Å²) in [6, 6.07) is 5.42. The van der Waals surface area contributed by atoms with Gasteiger partial charge in [-0.05, 0) is 25.0 Å². The first-order valence-electron chi connectivity index (χ1n) is 6.38. The molecule has 0 spiro atoms. The Balaban J connectivity index is 1.90. The molecule has 3 rings (SSSR count). The molecule has 1 aliphatic carbocycles. The molecule has 6 nitrogen and oxygen atoms in total. The van der Waals surface area contributed by atoms with Crippen LogP contribution in [0.25, 0.3) is 11.5 Å². The molecule has 102 valence electrons. The molecule has 2 aromatic rings. The summed E-state index contributed by atoms with van der Waals surface area (Å²) in [5.41, 5.74) is 0.612. The van der Waals surface area contributed by atoms with E-state index >= 15 is 0 Å². The van der Waals surface area contributed by atoms with Crippen molar-refractivity contribution < 1.29 is 14.4 Å². The van der Waals surface area contributed by atoms with Crippen LogP contribution in [0.2, 0.25) is 0 Å². The molecule has 2 aromatic heterocycles. The van der Waals surface area contributed by atoms with Crippen LogP contribution in [-0.2, 0) is 4.79 Å². The van der Waals surface area contributed by atoms with E-state index in [1.165, 1.54) is 0 Å². The summed E-state index contributed by atoms with van der Waals surface area (Å²) in [5, 5.41) is 13.1. The number of hydrogen-bond donors (Lipinski definition) is 1. The number of carbonyl (C=O) groups is 1. The average Bonchev–Trinajstić information content (AvgIpc) is 2.98. The zero-order valence-corrected chi connectivity index (χ0v) is 10.6. The van der Waals surface area contributed by atoms with Crippen molar-refractivity contribution in [2.45, 2.75) is 18.8 Å². The normalized spacial score (nSPS) is 21.8. The fourth-order valence-corrected chi connectivity index (χ4v) is 2.34. The molecule has 0 saturated carbocycles. The maximum atomic E-state index is 11.3. The summed E-state index contributed by atoms with van der Waals surface area (Å²) in [6.45, 7) is 0. The molecule has 0 aromatic carbocycles. The molecular formula is C14H13N3O3. The van der Waals surface area contributed by atoms with E-state index in [4.69, 9.17) is 4.52 Å². The standard InChI is InChI=1S/C14H13N3O3/c18-14(19)10-6-2-1-5-9(10)13-16-12(17-20-13)11-7-3-4-8-15-11/h1-4,7-10H,5-6H2,(H,18,19). The summed E-state index contributed by atoms with van der Waals surface area (Å²) in [5.74, 6) is -0.877. The van der Waals surface area contributed by atoms with E-state index in [-0.39, 0.29) is 5.92 Å². The largest absolute Gasteiger partial charge is 0.481 e. The molecule has 0 saturated heterocycles. The lowest BCUT2D eigenvalue weighted by Crippen LogP contribution is -2.23. The number of pyridine rings is 1. The minimum atomic E-state index is -0.836. The van der Waals surface area contributed by atoms with Crippen LogP contribution in [-0.4, -0.2) is 26.2 Å². The van der Waals surface area contributed by atoms with Gasteiger partial charge in [0, 0.05) is 6.20 Å². The highest BCUT2D eigenvalue weighted by molar-refractivity contribution is 5.71. The van der Waals surface area contributed by atoms with E-state index < -0.39 is 11.9 Å². The molecule has 0 radical (unpaired) electrons. The summed E-state index contributed by atoms with van der Waals surface area (Å²) >= 11 is 0. The Kier molecular flexibility index (Phi) is 3.28. The molecule has 1 aliphatic rings. The topological polar surface area (TPSA) is 89.1 Å². The Morgan fingerprint density at radius 2 is 2.15 bits per heavy atom. The van der Waals surface area contributed by atoms with Crippen molar-refractivity contribution in [2.75, 3.05) is 0 Å². The molecule has 2 heterocycles. The smallest absolute Gasteiger partial charge is 0.307 e. The first-order valence-corrected chi connectivity index (χ1v) is 6.38. The monoisotopic (exact) mass is 271 g/mol. The molecule has 6 heteroatoms. The van der Waals surface area contributed by atoms with Crippen molar-refractivity contribution in [1.29, 1.82) is 0 Å². The zero-order valence-electron chi connectivity index (χ0n) is 10.6. The van der Waals surface area contributed by atoms with Crippen LogP contribution >= 0.6 is 0 Å². The van der Waals surface area contributed by atoms with Crippen LogP contribution in [0, 0.1) is 5.92 Å². The Morgan fingerprint density at radius 1 is 1.30 bits per heavy atom. The molecule has 0 aliphatic heterocycles. The van der Waals surface area contributed by atoms with Gasteiger partial charge in [0.1, 0.15) is 5.69 Å². The first-order chi connectivity index (χ1) is 9.75. The summed E-state index contributed by atoms with van der Waals surface area (Å²) in [4.78, 5) is 19.7. The predicted octanol–water partition coefficient (Wildman–Crippen LogP) is 2.27. The number of carboxylic acids is 1. The summed E-state index contributed by atoms with van der Waals surface area (Å²) in [7, 11) is 0. The Labute approximate surface area is 115 Å². The zero-order chi connectivity index (χ0) is 13.9. The van der Waals surface area contributed by atoms with Crippen molar-refractivity contribution in [3.8, 4) is 11.5 Å². The third kappa shape index (κ3) is 2.32. The minimum Gasteiger partial charge on any atom is -0.481 e. The van der Waals surface area contributed by atoms with E-state index in [0.29, 0.717) is 30.3 Å². The van der Waals surface area contributed by atoms with Gasteiger partial charge < -0.3 is 9.63 Å². The first kappa shape index (κ1) is 12.5. The van der Waals surface area contributed by atoms with Crippen LogP contribution in [0.5, 0.6) is 0 Å². The highest BCUT2D eigenvalue weighted by Crippen LogP contribution is 2.34. The predicted molar refractivity (Wildman–Crippen MR) is 69.8 cm³/mol. The van der Waals surface area contributed by atoms with E-state index in [2.05, 4.69) is 15.1 Å². The van der Waals surface area contributed by atoms with Gasteiger partial charge in [-0.25, -0.2) is 0 Å². The molecule has 2 atom stereocenters. The summed E-state index contributed by atoms with van der Waals surface area (Å²) < 4.78 is 5.24. The second kappa shape index (κ2) is 5.24. The molecule has 0 amide bonds.